The molecule has 26 heavy (non-hydrogen) atoms. The number of aryl methyl sites for hydroxylation is 1. The van der Waals surface area contributed by atoms with Gasteiger partial charge in [-0.1, -0.05) is 13.0 Å². The lowest BCUT2D eigenvalue weighted by Gasteiger charge is -2.35. The average molecular weight is 356 g/mol. The fourth-order valence-corrected chi connectivity index (χ4v) is 3.85. The first-order chi connectivity index (χ1) is 12.7. The van der Waals surface area contributed by atoms with Crippen LogP contribution in [-0.4, -0.2) is 58.9 Å². The van der Waals surface area contributed by atoms with Gasteiger partial charge in [-0.3, -0.25) is 4.90 Å². The third kappa shape index (κ3) is 4.02. The summed E-state index contributed by atoms with van der Waals surface area (Å²) >= 11 is 0. The molecule has 0 unspecified atom stereocenters. The normalized spacial score (nSPS) is 19.0. The van der Waals surface area contributed by atoms with Crippen molar-refractivity contribution in [1.29, 1.82) is 0 Å². The highest BCUT2D eigenvalue weighted by Crippen LogP contribution is 2.33. The Kier molecular flexibility index (Phi) is 5.13. The van der Waals surface area contributed by atoms with E-state index >= 15 is 0 Å². The van der Waals surface area contributed by atoms with E-state index in [1.807, 2.05) is 18.5 Å². The summed E-state index contributed by atoms with van der Waals surface area (Å²) in [7, 11) is 2.07. The monoisotopic (exact) mass is 356 g/mol. The predicted octanol–water partition coefficient (Wildman–Crippen LogP) is 2.15. The van der Waals surface area contributed by atoms with Gasteiger partial charge < -0.3 is 18.9 Å². The van der Waals surface area contributed by atoms with Crippen molar-refractivity contribution in [2.75, 3.05) is 39.5 Å². The van der Waals surface area contributed by atoms with Gasteiger partial charge >= 0.3 is 0 Å². The van der Waals surface area contributed by atoms with E-state index in [1.54, 1.807) is 0 Å². The van der Waals surface area contributed by atoms with Gasteiger partial charge in [-0.15, -0.1) is 0 Å². The van der Waals surface area contributed by atoms with Crippen LogP contribution in [-0.2, 0) is 20.0 Å². The summed E-state index contributed by atoms with van der Waals surface area (Å²) < 4.78 is 13.0. The Morgan fingerprint density at radius 1 is 1.08 bits per heavy atom. The number of aromatic nitrogens is 2. The second kappa shape index (κ2) is 7.68. The summed E-state index contributed by atoms with van der Waals surface area (Å²) in [5.74, 6) is 3.52. The molecule has 0 amide bonds. The van der Waals surface area contributed by atoms with Crippen LogP contribution in [0.15, 0.2) is 30.6 Å². The van der Waals surface area contributed by atoms with Gasteiger partial charge in [0.2, 0.25) is 6.79 Å². The zero-order valence-electron chi connectivity index (χ0n) is 15.7. The molecule has 140 valence electrons. The second-order valence-corrected chi connectivity index (χ2v) is 7.53. The fraction of sp³-hybridized carbons (Fsp3) is 0.550. The Morgan fingerprint density at radius 3 is 2.62 bits per heavy atom. The summed E-state index contributed by atoms with van der Waals surface area (Å²) in [5.41, 5.74) is 1.33. The van der Waals surface area contributed by atoms with Crippen LogP contribution >= 0.6 is 0 Å². The predicted molar refractivity (Wildman–Crippen MR) is 100 cm³/mol. The van der Waals surface area contributed by atoms with Crippen molar-refractivity contribution in [3.63, 3.8) is 0 Å². The van der Waals surface area contributed by atoms with E-state index in [0.29, 0.717) is 12.7 Å². The van der Waals surface area contributed by atoms with Gasteiger partial charge in [-0.05, 0) is 30.0 Å². The number of nitrogens with zero attached hydrogens (tertiary/aromatic N) is 4. The van der Waals surface area contributed by atoms with Crippen molar-refractivity contribution in [2.45, 2.75) is 19.9 Å². The summed E-state index contributed by atoms with van der Waals surface area (Å²) in [6.45, 7) is 9.27. The van der Waals surface area contributed by atoms with Crippen molar-refractivity contribution in [2.24, 2.45) is 13.0 Å². The van der Waals surface area contributed by atoms with E-state index < -0.39 is 0 Å². The molecule has 0 radical (unpaired) electrons. The fourth-order valence-electron chi connectivity index (χ4n) is 3.85. The van der Waals surface area contributed by atoms with Crippen LogP contribution < -0.4 is 9.47 Å². The third-order valence-corrected chi connectivity index (χ3v) is 5.34. The molecule has 4 rings (SSSR count). The average Bonchev–Trinajstić information content (AvgIpc) is 3.25. The maximum absolute atomic E-state index is 5.49. The lowest BCUT2D eigenvalue weighted by molar-refractivity contribution is 0.112. The van der Waals surface area contributed by atoms with Crippen molar-refractivity contribution in [3.05, 3.63) is 42.0 Å². The first-order valence-corrected chi connectivity index (χ1v) is 9.47. The van der Waals surface area contributed by atoms with Gasteiger partial charge in [0.15, 0.2) is 11.5 Å². The molecule has 1 aromatic heterocycles. The lowest BCUT2D eigenvalue weighted by Crippen LogP contribution is -2.47. The number of benzene rings is 1. The van der Waals surface area contributed by atoms with Crippen molar-refractivity contribution < 1.29 is 9.47 Å². The van der Waals surface area contributed by atoms with Crippen LogP contribution in [0.1, 0.15) is 18.3 Å². The number of ether oxygens (including phenoxy) is 2. The van der Waals surface area contributed by atoms with Gasteiger partial charge in [0.1, 0.15) is 5.82 Å². The highest BCUT2D eigenvalue weighted by Gasteiger charge is 2.20. The number of piperazine rings is 1. The van der Waals surface area contributed by atoms with Crippen LogP contribution in [0.5, 0.6) is 11.5 Å². The van der Waals surface area contributed by atoms with Gasteiger partial charge in [0.25, 0.3) is 0 Å². The quantitative estimate of drug-likeness (QED) is 0.793. The highest BCUT2D eigenvalue weighted by atomic mass is 16.7. The molecular weight excluding hydrogens is 328 g/mol. The Balaban J connectivity index is 1.23. The number of imidazole rings is 1. The molecule has 6 nitrogen and oxygen atoms in total. The zero-order valence-corrected chi connectivity index (χ0v) is 15.7. The topological polar surface area (TPSA) is 42.8 Å². The molecule has 0 N–H and O–H groups in total. The molecule has 3 heterocycles. The van der Waals surface area contributed by atoms with E-state index in [0.717, 1.165) is 63.0 Å². The van der Waals surface area contributed by atoms with Gasteiger partial charge in [0.05, 0.1) is 6.54 Å². The maximum atomic E-state index is 5.49. The molecule has 0 bridgehead atoms. The molecular formula is C20H28N4O2. The summed E-state index contributed by atoms with van der Waals surface area (Å²) in [6.07, 6.45) is 4.97. The second-order valence-electron chi connectivity index (χ2n) is 7.53. The van der Waals surface area contributed by atoms with E-state index in [1.165, 1.54) is 5.56 Å². The van der Waals surface area contributed by atoms with Crippen LogP contribution in [0, 0.1) is 5.92 Å². The standard InChI is InChI=1S/C20H28N4O2/c1-16(11-17-3-4-18-19(12-17)26-15-25-18)13-23-7-9-24(10-8-23)14-20-21-5-6-22(20)2/h3-6,12,16H,7-11,13-15H2,1-2H3/t16-/m0/s1. The molecule has 1 saturated heterocycles. The lowest BCUT2D eigenvalue weighted by atomic mass is 10.00. The molecule has 0 spiro atoms. The van der Waals surface area contributed by atoms with Crippen LogP contribution in [0.25, 0.3) is 0 Å². The number of hydrogen-bond donors (Lipinski definition) is 0. The summed E-state index contributed by atoms with van der Waals surface area (Å²) in [5, 5.41) is 0. The van der Waals surface area contributed by atoms with Crippen molar-refractivity contribution in [1.82, 2.24) is 19.4 Å². The summed E-state index contributed by atoms with van der Waals surface area (Å²) in [6, 6.07) is 6.32. The van der Waals surface area contributed by atoms with Gasteiger partial charge in [-0.25, -0.2) is 4.98 Å². The molecule has 0 aliphatic carbocycles. The number of rotatable bonds is 6. The molecule has 1 atom stereocenters. The molecule has 6 heteroatoms. The Bertz CT molecular complexity index is 737. The minimum Gasteiger partial charge on any atom is -0.454 e. The number of fused-ring (bicyclic) bond motifs is 1. The Labute approximate surface area is 155 Å². The van der Waals surface area contributed by atoms with Gasteiger partial charge in [-0.2, -0.15) is 0 Å². The maximum Gasteiger partial charge on any atom is 0.231 e. The molecule has 2 aromatic rings. The van der Waals surface area contributed by atoms with Crippen molar-refractivity contribution >= 4 is 0 Å². The molecule has 1 fully saturated rings. The molecule has 2 aliphatic rings. The SMILES string of the molecule is C[C@@H](Cc1ccc2c(c1)OCO2)CN1CCN(Cc2nccn2C)CC1. The molecule has 2 aliphatic heterocycles. The molecule has 0 saturated carbocycles. The minimum atomic E-state index is 0.344. The van der Waals surface area contributed by atoms with E-state index in [9.17, 15) is 0 Å². The minimum absolute atomic E-state index is 0.344. The van der Waals surface area contributed by atoms with Crippen LogP contribution in [0.3, 0.4) is 0 Å². The number of hydrogen-bond acceptors (Lipinski definition) is 5. The van der Waals surface area contributed by atoms with Crippen LogP contribution in [0.2, 0.25) is 0 Å². The first kappa shape index (κ1) is 17.4. The Hall–Kier alpha value is -2.05. The molecule has 1 aromatic carbocycles. The van der Waals surface area contributed by atoms with Gasteiger partial charge in [0, 0.05) is 52.2 Å². The van der Waals surface area contributed by atoms with E-state index in [4.69, 9.17) is 9.47 Å². The first-order valence-electron chi connectivity index (χ1n) is 9.47. The van der Waals surface area contributed by atoms with Crippen molar-refractivity contribution in [3.8, 4) is 11.5 Å². The summed E-state index contributed by atoms with van der Waals surface area (Å²) in [4.78, 5) is 9.53. The smallest absolute Gasteiger partial charge is 0.231 e. The Morgan fingerprint density at radius 2 is 1.85 bits per heavy atom. The van der Waals surface area contributed by atoms with E-state index in [-0.39, 0.29) is 0 Å². The highest BCUT2D eigenvalue weighted by molar-refractivity contribution is 5.44. The van der Waals surface area contributed by atoms with Crippen LogP contribution in [0.4, 0.5) is 0 Å². The van der Waals surface area contributed by atoms with E-state index in [2.05, 4.69) is 45.5 Å². The zero-order chi connectivity index (χ0) is 17.9. The third-order valence-electron chi connectivity index (χ3n) is 5.34. The largest absolute Gasteiger partial charge is 0.454 e.